The molecule has 0 saturated heterocycles. The van der Waals surface area contributed by atoms with E-state index >= 15 is 0 Å². The topological polar surface area (TPSA) is 21.7 Å². The average Bonchev–Trinajstić information content (AvgIpc) is 2.70. The summed E-state index contributed by atoms with van der Waals surface area (Å²) in [5.41, 5.74) is 3.60. The molecular weight excluding hydrogens is 358 g/mol. The van der Waals surface area contributed by atoms with Crippen molar-refractivity contribution in [2.24, 2.45) is 0 Å². The molecule has 0 N–H and O–H groups in total. The lowest BCUT2D eigenvalue weighted by molar-refractivity contribution is 0.269. The smallest absolute Gasteiger partial charge is 0.161 e. The number of nitrogens with zero attached hydrogens (tertiary/aromatic N) is 1. The predicted octanol–water partition coefficient (Wildman–Crippen LogP) is 5.58. The Hall–Kier alpha value is -2.49. The molecule has 0 heterocycles. The van der Waals surface area contributed by atoms with Crippen LogP contribution in [0.3, 0.4) is 0 Å². The quantitative estimate of drug-likeness (QED) is 0.533. The standard InChI is InChI=1S/C23H24ClNO2/c1-25(16-17-9-14-21(26-2)22(15-17)27-3)23(18-7-5-4-6-8-18)19-10-12-20(24)13-11-19/h4-15,23H,16H2,1-3H3/t23-/m0/s1. The van der Waals surface area contributed by atoms with Crippen LogP contribution in [0.2, 0.25) is 5.02 Å². The maximum Gasteiger partial charge on any atom is 0.161 e. The lowest BCUT2D eigenvalue weighted by atomic mass is 9.97. The van der Waals surface area contributed by atoms with Gasteiger partial charge >= 0.3 is 0 Å². The first-order valence-electron chi connectivity index (χ1n) is 8.84. The van der Waals surface area contributed by atoms with Gasteiger partial charge in [0.05, 0.1) is 20.3 Å². The van der Waals surface area contributed by atoms with Crippen molar-refractivity contribution in [3.8, 4) is 11.5 Å². The third-order valence-corrected chi connectivity index (χ3v) is 4.87. The summed E-state index contributed by atoms with van der Waals surface area (Å²) >= 11 is 6.09. The van der Waals surface area contributed by atoms with E-state index in [1.807, 2.05) is 30.3 Å². The fourth-order valence-electron chi connectivity index (χ4n) is 3.34. The van der Waals surface area contributed by atoms with Crippen molar-refractivity contribution in [3.63, 3.8) is 0 Å². The summed E-state index contributed by atoms with van der Waals surface area (Å²) in [4.78, 5) is 2.32. The number of hydrogen-bond acceptors (Lipinski definition) is 3. The number of ether oxygens (including phenoxy) is 2. The van der Waals surface area contributed by atoms with Crippen molar-refractivity contribution >= 4 is 11.6 Å². The Kier molecular flexibility index (Phi) is 6.38. The highest BCUT2D eigenvalue weighted by atomic mass is 35.5. The molecule has 0 spiro atoms. The van der Waals surface area contributed by atoms with Gasteiger partial charge in [-0.2, -0.15) is 0 Å². The second-order valence-corrected chi connectivity index (χ2v) is 6.91. The number of halogens is 1. The van der Waals surface area contributed by atoms with Gasteiger partial charge in [-0.15, -0.1) is 0 Å². The first-order valence-corrected chi connectivity index (χ1v) is 9.21. The third kappa shape index (κ3) is 4.62. The molecule has 3 aromatic carbocycles. The third-order valence-electron chi connectivity index (χ3n) is 4.62. The first kappa shape index (κ1) is 19.3. The van der Waals surface area contributed by atoms with Crippen LogP contribution in [0.5, 0.6) is 11.5 Å². The van der Waals surface area contributed by atoms with Gasteiger partial charge in [0.25, 0.3) is 0 Å². The van der Waals surface area contributed by atoms with Gasteiger partial charge in [0, 0.05) is 11.6 Å². The second-order valence-electron chi connectivity index (χ2n) is 6.47. The van der Waals surface area contributed by atoms with E-state index in [2.05, 4.69) is 54.4 Å². The maximum absolute atomic E-state index is 6.09. The summed E-state index contributed by atoms with van der Waals surface area (Å²) in [6, 6.07) is 24.7. The van der Waals surface area contributed by atoms with E-state index < -0.39 is 0 Å². The van der Waals surface area contributed by atoms with Crippen LogP contribution in [-0.2, 0) is 6.54 Å². The van der Waals surface area contributed by atoms with Crippen molar-refractivity contribution in [2.75, 3.05) is 21.3 Å². The van der Waals surface area contributed by atoms with Gasteiger partial charge in [-0.1, -0.05) is 60.1 Å². The lowest BCUT2D eigenvalue weighted by Crippen LogP contribution is -2.25. The monoisotopic (exact) mass is 381 g/mol. The van der Waals surface area contributed by atoms with Crippen molar-refractivity contribution in [1.29, 1.82) is 0 Å². The fourth-order valence-corrected chi connectivity index (χ4v) is 3.47. The minimum atomic E-state index is 0.122. The van der Waals surface area contributed by atoms with E-state index in [4.69, 9.17) is 21.1 Å². The molecule has 0 amide bonds. The van der Waals surface area contributed by atoms with E-state index in [-0.39, 0.29) is 6.04 Å². The summed E-state index contributed by atoms with van der Waals surface area (Å²) in [5, 5.41) is 0.744. The molecule has 27 heavy (non-hydrogen) atoms. The van der Waals surface area contributed by atoms with Gasteiger partial charge in [-0.3, -0.25) is 4.90 Å². The normalized spacial score (nSPS) is 12.0. The summed E-state index contributed by atoms with van der Waals surface area (Å²) in [6.45, 7) is 0.766. The molecule has 1 atom stereocenters. The first-order chi connectivity index (χ1) is 13.1. The van der Waals surface area contributed by atoms with E-state index in [1.165, 1.54) is 11.1 Å². The predicted molar refractivity (Wildman–Crippen MR) is 111 cm³/mol. The highest BCUT2D eigenvalue weighted by Gasteiger charge is 2.20. The summed E-state index contributed by atoms with van der Waals surface area (Å²) in [7, 11) is 5.43. The molecule has 0 aliphatic carbocycles. The molecule has 3 rings (SSSR count). The van der Waals surface area contributed by atoms with Gasteiger partial charge in [0.1, 0.15) is 0 Å². The van der Waals surface area contributed by atoms with Gasteiger partial charge in [-0.25, -0.2) is 0 Å². The highest BCUT2D eigenvalue weighted by Crippen LogP contribution is 2.32. The van der Waals surface area contributed by atoms with Crippen molar-refractivity contribution in [3.05, 3.63) is 94.5 Å². The van der Waals surface area contributed by atoms with Crippen LogP contribution in [0.15, 0.2) is 72.8 Å². The number of benzene rings is 3. The van der Waals surface area contributed by atoms with E-state index in [0.717, 1.165) is 28.6 Å². The Labute approximate surface area is 166 Å². The van der Waals surface area contributed by atoms with Crippen molar-refractivity contribution in [2.45, 2.75) is 12.6 Å². The summed E-state index contributed by atoms with van der Waals surface area (Å²) in [6.07, 6.45) is 0. The van der Waals surface area contributed by atoms with Gasteiger partial charge < -0.3 is 9.47 Å². The zero-order valence-electron chi connectivity index (χ0n) is 15.9. The largest absolute Gasteiger partial charge is 0.493 e. The minimum absolute atomic E-state index is 0.122. The molecule has 0 aliphatic rings. The fraction of sp³-hybridized carbons (Fsp3) is 0.217. The summed E-state index contributed by atoms with van der Waals surface area (Å²) < 4.78 is 10.8. The van der Waals surface area contributed by atoms with Crippen molar-refractivity contribution < 1.29 is 9.47 Å². The molecule has 0 fully saturated rings. The maximum atomic E-state index is 6.09. The zero-order valence-corrected chi connectivity index (χ0v) is 16.6. The Bertz CT molecular complexity index is 865. The molecule has 140 valence electrons. The molecule has 4 heteroatoms. The molecule has 3 aromatic rings. The molecule has 0 aromatic heterocycles. The summed E-state index contributed by atoms with van der Waals surface area (Å²) in [5.74, 6) is 1.48. The lowest BCUT2D eigenvalue weighted by Gasteiger charge is -2.29. The van der Waals surface area contributed by atoms with Crippen LogP contribution in [0.1, 0.15) is 22.7 Å². The van der Waals surface area contributed by atoms with Crippen LogP contribution in [0, 0.1) is 0 Å². The second kappa shape index (κ2) is 8.94. The molecule has 0 unspecified atom stereocenters. The molecule has 0 saturated carbocycles. The SMILES string of the molecule is COc1ccc(CN(C)[C@@H](c2ccccc2)c2ccc(Cl)cc2)cc1OC. The van der Waals surface area contributed by atoms with Crippen LogP contribution in [-0.4, -0.2) is 26.2 Å². The molecule has 0 aliphatic heterocycles. The Morgan fingerprint density at radius 3 is 2.07 bits per heavy atom. The molecule has 0 radical (unpaired) electrons. The Morgan fingerprint density at radius 2 is 1.44 bits per heavy atom. The van der Waals surface area contributed by atoms with E-state index in [1.54, 1.807) is 14.2 Å². The van der Waals surface area contributed by atoms with Gasteiger partial charge in [0.2, 0.25) is 0 Å². The van der Waals surface area contributed by atoms with E-state index in [0.29, 0.717) is 0 Å². The van der Waals surface area contributed by atoms with Crippen LogP contribution in [0.25, 0.3) is 0 Å². The number of methoxy groups -OCH3 is 2. The van der Waals surface area contributed by atoms with Crippen molar-refractivity contribution in [1.82, 2.24) is 4.90 Å². The van der Waals surface area contributed by atoms with Gasteiger partial charge in [0.15, 0.2) is 11.5 Å². The van der Waals surface area contributed by atoms with Gasteiger partial charge in [-0.05, 0) is 48.0 Å². The Morgan fingerprint density at radius 1 is 0.815 bits per heavy atom. The number of rotatable bonds is 7. The van der Waals surface area contributed by atoms with Crippen LogP contribution in [0.4, 0.5) is 0 Å². The molecule has 3 nitrogen and oxygen atoms in total. The minimum Gasteiger partial charge on any atom is -0.493 e. The van der Waals surface area contributed by atoms with Crippen LogP contribution >= 0.6 is 11.6 Å². The molecular formula is C23H24ClNO2. The Balaban J connectivity index is 1.91. The highest BCUT2D eigenvalue weighted by molar-refractivity contribution is 6.30. The van der Waals surface area contributed by atoms with Crippen LogP contribution < -0.4 is 9.47 Å². The zero-order chi connectivity index (χ0) is 19.2. The van der Waals surface area contributed by atoms with E-state index in [9.17, 15) is 0 Å². The molecule has 0 bridgehead atoms. The number of hydrogen-bond donors (Lipinski definition) is 0. The average molecular weight is 382 g/mol.